The van der Waals surface area contributed by atoms with Gasteiger partial charge in [0.1, 0.15) is 11.6 Å². The van der Waals surface area contributed by atoms with Crippen LogP contribution in [0.5, 0.6) is 5.75 Å². The molecule has 0 aliphatic carbocycles. The average Bonchev–Trinajstić information content (AvgIpc) is 3.02. The molecule has 116 valence electrons. The maximum Gasteiger partial charge on any atom is 0.277 e. The Morgan fingerprint density at radius 3 is 2.61 bits per heavy atom. The average molecular weight is 330 g/mol. The summed E-state index contributed by atoms with van der Waals surface area (Å²) in [6.07, 6.45) is 0. The fraction of sp³-hybridized carbons (Fsp3) is 0.0625. The molecule has 2 aromatic carbocycles. The Balaban J connectivity index is 1.67. The molecule has 5 nitrogen and oxygen atoms in total. The highest BCUT2D eigenvalue weighted by molar-refractivity contribution is 7.99. The predicted molar refractivity (Wildman–Crippen MR) is 82.9 cm³/mol. The summed E-state index contributed by atoms with van der Waals surface area (Å²) in [4.78, 5) is 12.0. The molecule has 3 aromatic rings. The van der Waals surface area contributed by atoms with E-state index >= 15 is 0 Å². The molecule has 0 amide bonds. The molecule has 7 heteroatoms. The standard InChI is InChI=1S/C16H11FN2O3S/c17-13-4-2-1-3-12(13)15-18-19-16(22-15)23-9-14(21)10-5-7-11(20)8-6-10/h1-8,20H,9H2. The van der Waals surface area contributed by atoms with Gasteiger partial charge in [-0.2, -0.15) is 0 Å². The van der Waals surface area contributed by atoms with Crippen LogP contribution < -0.4 is 0 Å². The number of benzene rings is 2. The van der Waals surface area contributed by atoms with Crippen LogP contribution in [0.3, 0.4) is 0 Å². The smallest absolute Gasteiger partial charge is 0.277 e. The minimum atomic E-state index is -0.451. The van der Waals surface area contributed by atoms with Gasteiger partial charge in [0.2, 0.25) is 0 Å². The van der Waals surface area contributed by atoms with E-state index in [9.17, 15) is 14.3 Å². The lowest BCUT2D eigenvalue weighted by Crippen LogP contribution is -2.01. The first-order valence-electron chi connectivity index (χ1n) is 6.67. The number of rotatable bonds is 5. The van der Waals surface area contributed by atoms with Crippen molar-refractivity contribution in [1.82, 2.24) is 10.2 Å². The lowest BCUT2D eigenvalue weighted by atomic mass is 10.1. The number of aromatic nitrogens is 2. The Hall–Kier alpha value is -2.67. The topological polar surface area (TPSA) is 76.2 Å². The molecule has 0 spiro atoms. The lowest BCUT2D eigenvalue weighted by Gasteiger charge is -1.99. The van der Waals surface area contributed by atoms with Crippen molar-refractivity contribution in [2.45, 2.75) is 5.22 Å². The quantitative estimate of drug-likeness (QED) is 0.569. The molecule has 1 N–H and O–H groups in total. The largest absolute Gasteiger partial charge is 0.508 e. The summed E-state index contributed by atoms with van der Waals surface area (Å²) < 4.78 is 19.0. The van der Waals surface area contributed by atoms with Crippen LogP contribution in [-0.2, 0) is 0 Å². The summed E-state index contributed by atoms with van der Waals surface area (Å²) >= 11 is 1.07. The van der Waals surface area contributed by atoms with Gasteiger partial charge in [0.25, 0.3) is 11.1 Å². The molecular formula is C16H11FN2O3S. The molecule has 23 heavy (non-hydrogen) atoms. The minimum Gasteiger partial charge on any atom is -0.508 e. The number of nitrogens with zero attached hydrogens (tertiary/aromatic N) is 2. The monoisotopic (exact) mass is 330 g/mol. The van der Waals surface area contributed by atoms with Crippen LogP contribution in [0.1, 0.15) is 10.4 Å². The van der Waals surface area contributed by atoms with E-state index in [0.717, 1.165) is 11.8 Å². The number of Topliss-reactive ketones (excluding diaryl/α,β-unsaturated/α-hetero) is 1. The van der Waals surface area contributed by atoms with Crippen LogP contribution >= 0.6 is 11.8 Å². The number of carbonyl (C=O) groups is 1. The van der Waals surface area contributed by atoms with Gasteiger partial charge in [0.15, 0.2) is 5.78 Å². The van der Waals surface area contributed by atoms with Crippen LogP contribution in [0.4, 0.5) is 4.39 Å². The van der Waals surface area contributed by atoms with E-state index in [1.165, 1.54) is 30.3 Å². The van der Waals surface area contributed by atoms with Crippen LogP contribution in [-0.4, -0.2) is 26.8 Å². The highest BCUT2D eigenvalue weighted by Gasteiger charge is 2.14. The lowest BCUT2D eigenvalue weighted by molar-refractivity contribution is 0.102. The third-order valence-corrected chi connectivity index (χ3v) is 3.85. The first-order valence-corrected chi connectivity index (χ1v) is 7.65. The van der Waals surface area contributed by atoms with Gasteiger partial charge < -0.3 is 9.52 Å². The Kier molecular flexibility index (Phi) is 4.38. The second kappa shape index (κ2) is 6.62. The summed E-state index contributed by atoms with van der Waals surface area (Å²) in [6, 6.07) is 12.1. The van der Waals surface area contributed by atoms with Crippen LogP contribution in [0, 0.1) is 5.82 Å². The van der Waals surface area contributed by atoms with Gasteiger partial charge in [0.05, 0.1) is 11.3 Å². The Labute approximate surface area is 135 Å². The van der Waals surface area contributed by atoms with Crippen molar-refractivity contribution in [3.63, 3.8) is 0 Å². The molecule has 0 radical (unpaired) electrons. The molecule has 1 heterocycles. The van der Waals surface area contributed by atoms with Crippen LogP contribution in [0.25, 0.3) is 11.5 Å². The van der Waals surface area contributed by atoms with Gasteiger partial charge in [-0.1, -0.05) is 23.9 Å². The number of thioether (sulfide) groups is 1. The second-order valence-corrected chi connectivity index (χ2v) is 5.54. The summed E-state index contributed by atoms with van der Waals surface area (Å²) in [7, 11) is 0. The summed E-state index contributed by atoms with van der Waals surface area (Å²) in [5.74, 6) is -0.319. The molecule has 0 fully saturated rings. The summed E-state index contributed by atoms with van der Waals surface area (Å²) in [6.45, 7) is 0. The third-order valence-electron chi connectivity index (χ3n) is 3.03. The molecule has 0 bridgehead atoms. The number of halogens is 1. The third kappa shape index (κ3) is 3.57. The molecule has 1 aromatic heterocycles. The van der Waals surface area contributed by atoms with Gasteiger partial charge >= 0.3 is 0 Å². The zero-order valence-corrected chi connectivity index (χ0v) is 12.6. The SMILES string of the molecule is O=C(CSc1nnc(-c2ccccc2F)o1)c1ccc(O)cc1. The van der Waals surface area contributed by atoms with Crippen molar-refractivity contribution < 1.29 is 18.7 Å². The van der Waals surface area contributed by atoms with E-state index in [2.05, 4.69) is 10.2 Å². The second-order valence-electron chi connectivity index (χ2n) is 4.61. The Morgan fingerprint density at radius 1 is 1.13 bits per heavy atom. The zero-order chi connectivity index (χ0) is 16.2. The number of phenolic OH excluding ortho intramolecular Hbond substituents is 1. The predicted octanol–water partition coefficient (Wildman–Crippen LogP) is 3.56. The Morgan fingerprint density at radius 2 is 1.87 bits per heavy atom. The fourth-order valence-electron chi connectivity index (χ4n) is 1.87. The van der Waals surface area contributed by atoms with Crippen molar-refractivity contribution in [3.8, 4) is 17.2 Å². The first kappa shape index (κ1) is 15.2. The molecule has 0 saturated carbocycles. The van der Waals surface area contributed by atoms with Gasteiger partial charge in [-0.15, -0.1) is 10.2 Å². The normalized spacial score (nSPS) is 10.7. The summed E-state index contributed by atoms with van der Waals surface area (Å²) in [5.41, 5.74) is 0.695. The number of hydrogen-bond donors (Lipinski definition) is 1. The molecule has 3 rings (SSSR count). The van der Waals surface area contributed by atoms with E-state index in [1.54, 1.807) is 18.2 Å². The summed E-state index contributed by atoms with van der Waals surface area (Å²) in [5, 5.41) is 17.0. The number of hydrogen-bond acceptors (Lipinski definition) is 6. The number of phenols is 1. The maximum absolute atomic E-state index is 13.6. The number of ketones is 1. The number of carbonyl (C=O) groups excluding carboxylic acids is 1. The van der Waals surface area contributed by atoms with Gasteiger partial charge in [0, 0.05) is 5.56 Å². The molecule has 0 aliphatic rings. The first-order chi connectivity index (χ1) is 11.1. The van der Waals surface area contributed by atoms with Gasteiger partial charge in [-0.25, -0.2) is 4.39 Å². The van der Waals surface area contributed by atoms with Crippen molar-refractivity contribution in [1.29, 1.82) is 0 Å². The van der Waals surface area contributed by atoms with Gasteiger partial charge in [-0.3, -0.25) is 4.79 Å². The number of aromatic hydroxyl groups is 1. The molecule has 0 atom stereocenters. The van der Waals surface area contributed by atoms with Crippen LogP contribution in [0.15, 0.2) is 58.2 Å². The minimum absolute atomic E-state index is 0.0719. The molecule has 0 unspecified atom stereocenters. The van der Waals surface area contributed by atoms with Gasteiger partial charge in [-0.05, 0) is 36.4 Å². The van der Waals surface area contributed by atoms with E-state index in [4.69, 9.17) is 4.42 Å². The van der Waals surface area contributed by atoms with E-state index in [1.807, 2.05) is 0 Å². The van der Waals surface area contributed by atoms with E-state index in [0.29, 0.717) is 5.56 Å². The molecule has 0 saturated heterocycles. The highest BCUT2D eigenvalue weighted by atomic mass is 32.2. The Bertz CT molecular complexity index is 833. The molecular weight excluding hydrogens is 319 g/mol. The van der Waals surface area contributed by atoms with Crippen molar-refractivity contribution in [2.75, 3.05) is 5.75 Å². The van der Waals surface area contributed by atoms with Crippen molar-refractivity contribution >= 4 is 17.5 Å². The van der Waals surface area contributed by atoms with E-state index < -0.39 is 5.82 Å². The molecule has 0 aliphatic heterocycles. The van der Waals surface area contributed by atoms with Crippen molar-refractivity contribution in [3.05, 3.63) is 59.9 Å². The highest BCUT2D eigenvalue weighted by Crippen LogP contribution is 2.25. The van der Waals surface area contributed by atoms with Crippen LogP contribution in [0.2, 0.25) is 0 Å². The fourth-order valence-corrected chi connectivity index (χ4v) is 2.53. The van der Waals surface area contributed by atoms with E-state index in [-0.39, 0.29) is 34.0 Å². The maximum atomic E-state index is 13.6. The van der Waals surface area contributed by atoms with Crippen molar-refractivity contribution in [2.24, 2.45) is 0 Å². The zero-order valence-electron chi connectivity index (χ0n) is 11.8.